The normalized spacial score (nSPS) is 19.5. The SMILES string of the molecule is CCCC1CCN(c2ccc(Cl)cc2CCN)C1. The maximum Gasteiger partial charge on any atom is 0.0410 e. The van der Waals surface area contributed by atoms with Gasteiger partial charge < -0.3 is 10.6 Å². The van der Waals surface area contributed by atoms with Crippen LogP contribution in [-0.2, 0) is 6.42 Å². The molecule has 0 amide bonds. The van der Waals surface area contributed by atoms with E-state index in [1.54, 1.807) is 0 Å². The molecule has 0 saturated carbocycles. The monoisotopic (exact) mass is 266 g/mol. The van der Waals surface area contributed by atoms with Gasteiger partial charge in [-0.2, -0.15) is 0 Å². The van der Waals surface area contributed by atoms with Gasteiger partial charge in [-0.3, -0.25) is 0 Å². The minimum Gasteiger partial charge on any atom is -0.371 e. The number of halogens is 1. The molecule has 1 atom stereocenters. The van der Waals surface area contributed by atoms with Crippen LogP contribution in [0.15, 0.2) is 18.2 Å². The average molecular weight is 267 g/mol. The van der Waals surface area contributed by atoms with E-state index in [-0.39, 0.29) is 0 Å². The Morgan fingerprint density at radius 1 is 1.44 bits per heavy atom. The average Bonchev–Trinajstić information content (AvgIpc) is 2.79. The molecule has 0 aliphatic carbocycles. The first-order chi connectivity index (χ1) is 8.74. The third kappa shape index (κ3) is 3.18. The highest BCUT2D eigenvalue weighted by Gasteiger charge is 2.23. The molecule has 1 aliphatic heterocycles. The third-order valence-electron chi connectivity index (χ3n) is 3.78. The van der Waals surface area contributed by atoms with Gasteiger partial charge in [0.2, 0.25) is 0 Å². The second kappa shape index (κ2) is 6.44. The predicted octanol–water partition coefficient (Wildman–Crippen LogP) is 3.47. The van der Waals surface area contributed by atoms with Crippen LogP contribution in [0.2, 0.25) is 5.02 Å². The van der Waals surface area contributed by atoms with Crippen molar-refractivity contribution in [2.45, 2.75) is 32.6 Å². The van der Waals surface area contributed by atoms with Crippen LogP contribution in [0.3, 0.4) is 0 Å². The van der Waals surface area contributed by atoms with Crippen LogP contribution in [0, 0.1) is 5.92 Å². The Bertz CT molecular complexity index is 392. The summed E-state index contributed by atoms with van der Waals surface area (Å²) in [6, 6.07) is 6.21. The minimum atomic E-state index is 0.680. The molecule has 1 aromatic carbocycles. The number of nitrogens with zero attached hydrogens (tertiary/aromatic N) is 1. The smallest absolute Gasteiger partial charge is 0.0410 e. The van der Waals surface area contributed by atoms with Crippen molar-refractivity contribution in [3.05, 3.63) is 28.8 Å². The molecule has 1 saturated heterocycles. The fourth-order valence-corrected chi connectivity index (χ4v) is 3.11. The molecule has 3 heteroatoms. The summed E-state index contributed by atoms with van der Waals surface area (Å²) in [6.45, 7) is 5.31. The second-order valence-corrected chi connectivity index (χ2v) is 5.64. The molecule has 2 N–H and O–H groups in total. The van der Waals surface area contributed by atoms with Gasteiger partial charge in [-0.15, -0.1) is 0 Å². The zero-order valence-electron chi connectivity index (χ0n) is 11.2. The molecule has 1 heterocycles. The molecule has 1 unspecified atom stereocenters. The number of hydrogen-bond donors (Lipinski definition) is 1. The lowest BCUT2D eigenvalue weighted by Crippen LogP contribution is -2.21. The number of anilines is 1. The first-order valence-corrected chi connectivity index (χ1v) is 7.35. The molecule has 1 fully saturated rings. The Morgan fingerprint density at radius 2 is 2.28 bits per heavy atom. The molecule has 0 spiro atoms. The van der Waals surface area contributed by atoms with Gasteiger partial charge >= 0.3 is 0 Å². The van der Waals surface area contributed by atoms with Crippen molar-refractivity contribution in [3.63, 3.8) is 0 Å². The Morgan fingerprint density at radius 3 is 3.00 bits per heavy atom. The highest BCUT2D eigenvalue weighted by atomic mass is 35.5. The van der Waals surface area contributed by atoms with Crippen molar-refractivity contribution < 1.29 is 0 Å². The maximum absolute atomic E-state index is 6.08. The molecule has 100 valence electrons. The number of rotatable bonds is 5. The molecule has 0 aromatic heterocycles. The summed E-state index contributed by atoms with van der Waals surface area (Å²) in [5, 5.41) is 0.812. The zero-order valence-corrected chi connectivity index (χ0v) is 11.9. The van der Waals surface area contributed by atoms with E-state index < -0.39 is 0 Å². The van der Waals surface area contributed by atoms with Gasteiger partial charge in [0.05, 0.1) is 0 Å². The summed E-state index contributed by atoms with van der Waals surface area (Å²) in [6.07, 6.45) is 4.86. The van der Waals surface area contributed by atoms with Gasteiger partial charge in [0.25, 0.3) is 0 Å². The van der Waals surface area contributed by atoms with Crippen LogP contribution in [0.1, 0.15) is 31.7 Å². The van der Waals surface area contributed by atoms with Crippen molar-refractivity contribution in [2.24, 2.45) is 11.7 Å². The largest absolute Gasteiger partial charge is 0.371 e. The van der Waals surface area contributed by atoms with Crippen LogP contribution in [-0.4, -0.2) is 19.6 Å². The summed E-state index contributed by atoms with van der Waals surface area (Å²) in [7, 11) is 0. The van der Waals surface area contributed by atoms with Crippen LogP contribution in [0.5, 0.6) is 0 Å². The second-order valence-electron chi connectivity index (χ2n) is 5.20. The molecule has 2 rings (SSSR count). The fraction of sp³-hybridized carbons (Fsp3) is 0.600. The van der Waals surface area contributed by atoms with Gasteiger partial charge in [-0.25, -0.2) is 0 Å². The molecule has 0 bridgehead atoms. The van der Waals surface area contributed by atoms with Crippen molar-refractivity contribution >= 4 is 17.3 Å². The Kier molecular flexibility index (Phi) is 4.90. The molecule has 1 aliphatic rings. The van der Waals surface area contributed by atoms with Gasteiger partial charge in [-0.05, 0) is 55.5 Å². The predicted molar refractivity (Wildman–Crippen MR) is 79.4 cm³/mol. The summed E-state index contributed by atoms with van der Waals surface area (Å²) in [4.78, 5) is 2.50. The molecule has 2 nitrogen and oxygen atoms in total. The number of nitrogens with two attached hydrogens (primary N) is 1. The van der Waals surface area contributed by atoms with Crippen LogP contribution in [0.25, 0.3) is 0 Å². The van der Waals surface area contributed by atoms with E-state index in [2.05, 4.69) is 24.0 Å². The van der Waals surface area contributed by atoms with E-state index >= 15 is 0 Å². The fourth-order valence-electron chi connectivity index (χ4n) is 2.91. The van der Waals surface area contributed by atoms with Crippen LogP contribution in [0.4, 0.5) is 5.69 Å². The highest BCUT2D eigenvalue weighted by molar-refractivity contribution is 6.30. The Labute approximate surface area is 115 Å². The van der Waals surface area contributed by atoms with Gasteiger partial charge in [0.15, 0.2) is 0 Å². The summed E-state index contributed by atoms with van der Waals surface area (Å²) in [5.41, 5.74) is 8.32. The van der Waals surface area contributed by atoms with Crippen molar-refractivity contribution in [1.82, 2.24) is 0 Å². The van der Waals surface area contributed by atoms with E-state index in [4.69, 9.17) is 17.3 Å². The summed E-state index contributed by atoms with van der Waals surface area (Å²) < 4.78 is 0. The topological polar surface area (TPSA) is 29.3 Å². The molecule has 1 aromatic rings. The molecular weight excluding hydrogens is 244 g/mol. The molecular formula is C15H23ClN2. The van der Waals surface area contributed by atoms with Crippen LogP contribution >= 0.6 is 11.6 Å². The number of benzene rings is 1. The van der Waals surface area contributed by atoms with Crippen molar-refractivity contribution in [3.8, 4) is 0 Å². The first kappa shape index (κ1) is 13.7. The van der Waals surface area contributed by atoms with Crippen molar-refractivity contribution in [2.75, 3.05) is 24.5 Å². The Balaban J connectivity index is 2.13. The first-order valence-electron chi connectivity index (χ1n) is 6.98. The summed E-state index contributed by atoms with van der Waals surface area (Å²) in [5.74, 6) is 0.858. The van der Waals surface area contributed by atoms with Gasteiger partial charge in [0, 0.05) is 23.8 Å². The molecule has 18 heavy (non-hydrogen) atoms. The van der Waals surface area contributed by atoms with E-state index in [0.29, 0.717) is 6.54 Å². The Hall–Kier alpha value is -0.730. The van der Waals surface area contributed by atoms with E-state index in [1.165, 1.54) is 43.6 Å². The zero-order chi connectivity index (χ0) is 13.0. The van der Waals surface area contributed by atoms with Gasteiger partial charge in [0.1, 0.15) is 0 Å². The minimum absolute atomic E-state index is 0.680. The quantitative estimate of drug-likeness (QED) is 0.884. The van der Waals surface area contributed by atoms with Crippen LogP contribution < -0.4 is 10.6 Å². The van der Waals surface area contributed by atoms with E-state index in [1.807, 2.05) is 6.07 Å². The molecule has 0 radical (unpaired) electrons. The van der Waals surface area contributed by atoms with E-state index in [0.717, 1.165) is 17.4 Å². The van der Waals surface area contributed by atoms with E-state index in [9.17, 15) is 0 Å². The summed E-state index contributed by atoms with van der Waals surface area (Å²) >= 11 is 6.08. The lowest BCUT2D eigenvalue weighted by Gasteiger charge is -2.22. The maximum atomic E-state index is 6.08. The lowest BCUT2D eigenvalue weighted by molar-refractivity contribution is 0.529. The highest BCUT2D eigenvalue weighted by Crippen LogP contribution is 2.30. The third-order valence-corrected chi connectivity index (χ3v) is 4.01. The number of hydrogen-bond acceptors (Lipinski definition) is 2. The lowest BCUT2D eigenvalue weighted by atomic mass is 10.0. The van der Waals surface area contributed by atoms with Gasteiger partial charge in [-0.1, -0.05) is 24.9 Å². The standard InChI is InChI=1S/C15H23ClN2/c1-2-3-12-7-9-18(11-12)15-5-4-14(16)10-13(15)6-8-17/h4-5,10,12H,2-3,6-9,11,17H2,1H3. The van der Waals surface area contributed by atoms with Crippen molar-refractivity contribution in [1.29, 1.82) is 0 Å².